The summed E-state index contributed by atoms with van der Waals surface area (Å²) in [6.07, 6.45) is 0. The molecule has 0 saturated heterocycles. The van der Waals surface area contributed by atoms with E-state index < -0.39 is 0 Å². The number of anilines is 1. The summed E-state index contributed by atoms with van der Waals surface area (Å²) in [5.41, 5.74) is 7.35. The third kappa shape index (κ3) is 3.55. The van der Waals surface area contributed by atoms with Gasteiger partial charge >= 0.3 is 6.01 Å². The number of aromatic nitrogens is 2. The molecule has 0 aliphatic rings. The average molecular weight is 473 g/mol. The number of hydrogen-bond acceptors (Lipinski definition) is 6. The second-order valence-corrected chi connectivity index (χ2v) is 7.02. The molecule has 7 heteroatoms. The minimum Gasteiger partial charge on any atom is -0.493 e. The molecule has 0 radical (unpaired) electrons. The summed E-state index contributed by atoms with van der Waals surface area (Å²) in [5, 5.41) is 9.97. The Hall–Kier alpha value is -2.81. The number of benzene rings is 3. The molecule has 0 spiro atoms. The van der Waals surface area contributed by atoms with E-state index in [1.165, 1.54) is 10.8 Å². The molecule has 4 aromatic rings. The second-order valence-electron chi connectivity index (χ2n) is 5.86. The summed E-state index contributed by atoms with van der Waals surface area (Å²) in [7, 11) is 1.60. The Bertz CT molecular complexity index is 1110. The molecule has 4 rings (SSSR count). The Morgan fingerprint density at radius 3 is 2.67 bits per heavy atom. The van der Waals surface area contributed by atoms with Crippen LogP contribution >= 0.6 is 22.6 Å². The highest BCUT2D eigenvalue weighted by Crippen LogP contribution is 2.37. The van der Waals surface area contributed by atoms with E-state index >= 15 is 0 Å². The summed E-state index contributed by atoms with van der Waals surface area (Å²) in [6, 6.07) is 18.2. The van der Waals surface area contributed by atoms with Crippen molar-refractivity contribution in [2.75, 3.05) is 12.8 Å². The van der Waals surface area contributed by atoms with Gasteiger partial charge in [-0.05, 0) is 51.1 Å². The van der Waals surface area contributed by atoms with Crippen molar-refractivity contribution in [1.82, 2.24) is 10.2 Å². The first-order valence-electron chi connectivity index (χ1n) is 8.22. The number of hydrogen-bond donors (Lipinski definition) is 1. The molecular weight excluding hydrogens is 457 g/mol. The fraction of sp³-hybridized carbons (Fsp3) is 0.100. The van der Waals surface area contributed by atoms with Gasteiger partial charge in [-0.15, -0.1) is 5.10 Å². The van der Waals surface area contributed by atoms with E-state index in [4.69, 9.17) is 19.6 Å². The van der Waals surface area contributed by atoms with Gasteiger partial charge in [0.05, 0.1) is 10.7 Å². The lowest BCUT2D eigenvalue weighted by Crippen LogP contribution is -2.01. The molecule has 1 aromatic heterocycles. The lowest BCUT2D eigenvalue weighted by atomic mass is 10.1. The molecule has 1 heterocycles. The molecule has 0 bridgehead atoms. The third-order valence-electron chi connectivity index (χ3n) is 4.17. The zero-order chi connectivity index (χ0) is 18.8. The van der Waals surface area contributed by atoms with Crippen LogP contribution in [0.2, 0.25) is 0 Å². The number of nitrogens with zero attached hydrogens (tertiary/aromatic N) is 2. The standard InChI is InChI=1S/C20H16IN3O3/c1-25-17-10-14(19-23-24-20(22)27-19)9-16(21)18(17)26-11-13-7-4-6-12-5-2-3-8-15(12)13/h2-10H,11H2,1H3,(H2,22,24). The fourth-order valence-corrected chi connectivity index (χ4v) is 3.66. The van der Waals surface area contributed by atoms with E-state index in [1.807, 2.05) is 24.3 Å². The van der Waals surface area contributed by atoms with E-state index in [-0.39, 0.29) is 6.01 Å². The van der Waals surface area contributed by atoms with Crippen molar-refractivity contribution >= 4 is 39.4 Å². The Balaban J connectivity index is 1.65. The molecule has 0 saturated carbocycles. The number of nitrogen functional groups attached to an aromatic ring is 1. The molecule has 136 valence electrons. The smallest absolute Gasteiger partial charge is 0.313 e. The molecular formula is C20H16IN3O3. The highest BCUT2D eigenvalue weighted by Gasteiger charge is 2.16. The van der Waals surface area contributed by atoms with Gasteiger partial charge in [0.15, 0.2) is 11.5 Å². The van der Waals surface area contributed by atoms with Gasteiger partial charge in [0.1, 0.15) is 6.61 Å². The molecule has 0 atom stereocenters. The van der Waals surface area contributed by atoms with Crippen LogP contribution in [0.25, 0.3) is 22.2 Å². The van der Waals surface area contributed by atoms with Crippen molar-refractivity contribution in [3.8, 4) is 23.0 Å². The van der Waals surface area contributed by atoms with Crippen LogP contribution in [0.15, 0.2) is 59.0 Å². The fourth-order valence-electron chi connectivity index (χ4n) is 2.90. The maximum absolute atomic E-state index is 6.13. The van der Waals surface area contributed by atoms with Crippen molar-refractivity contribution < 1.29 is 13.9 Å². The Morgan fingerprint density at radius 1 is 1.07 bits per heavy atom. The van der Waals surface area contributed by atoms with E-state index in [1.54, 1.807) is 13.2 Å². The second kappa shape index (κ2) is 7.43. The first-order valence-corrected chi connectivity index (χ1v) is 9.30. The first kappa shape index (κ1) is 17.6. The molecule has 2 N–H and O–H groups in total. The number of fused-ring (bicyclic) bond motifs is 1. The average Bonchev–Trinajstić information content (AvgIpc) is 3.13. The quantitative estimate of drug-likeness (QED) is 0.425. The summed E-state index contributed by atoms with van der Waals surface area (Å²) >= 11 is 2.20. The van der Waals surface area contributed by atoms with E-state index in [9.17, 15) is 0 Å². The number of halogens is 1. The number of ether oxygens (including phenoxy) is 2. The van der Waals surface area contributed by atoms with Gasteiger partial charge in [0, 0.05) is 5.56 Å². The molecule has 0 aliphatic carbocycles. The molecule has 0 unspecified atom stereocenters. The van der Waals surface area contributed by atoms with Gasteiger partial charge in [0.25, 0.3) is 0 Å². The Morgan fingerprint density at radius 2 is 1.89 bits per heavy atom. The van der Waals surface area contributed by atoms with Gasteiger partial charge in [-0.2, -0.15) is 0 Å². The van der Waals surface area contributed by atoms with Gasteiger partial charge in [-0.1, -0.05) is 47.6 Å². The minimum atomic E-state index is 0.0234. The van der Waals surface area contributed by atoms with Crippen molar-refractivity contribution in [1.29, 1.82) is 0 Å². The number of methoxy groups -OCH3 is 1. The number of nitrogens with two attached hydrogens (primary N) is 1. The summed E-state index contributed by atoms with van der Waals surface area (Å²) in [5.74, 6) is 1.60. The van der Waals surface area contributed by atoms with Crippen LogP contribution in [0.3, 0.4) is 0 Å². The topological polar surface area (TPSA) is 83.4 Å². The van der Waals surface area contributed by atoms with Crippen molar-refractivity contribution in [2.45, 2.75) is 6.61 Å². The summed E-state index contributed by atoms with van der Waals surface area (Å²) in [4.78, 5) is 0. The van der Waals surface area contributed by atoms with E-state index in [2.05, 4.69) is 57.1 Å². The van der Waals surface area contributed by atoms with Crippen LogP contribution in [0.4, 0.5) is 6.01 Å². The first-order chi connectivity index (χ1) is 13.2. The van der Waals surface area contributed by atoms with Gasteiger partial charge < -0.3 is 19.6 Å². The van der Waals surface area contributed by atoms with Gasteiger partial charge in [-0.3, -0.25) is 0 Å². The lowest BCUT2D eigenvalue weighted by Gasteiger charge is -2.14. The Kier molecular flexibility index (Phi) is 4.85. The maximum Gasteiger partial charge on any atom is 0.313 e. The van der Waals surface area contributed by atoms with Crippen LogP contribution < -0.4 is 15.2 Å². The predicted octanol–water partition coefficient (Wildman–Crippen LogP) is 4.66. The molecule has 6 nitrogen and oxygen atoms in total. The highest BCUT2D eigenvalue weighted by atomic mass is 127. The molecule has 0 aliphatic heterocycles. The largest absolute Gasteiger partial charge is 0.493 e. The third-order valence-corrected chi connectivity index (χ3v) is 4.97. The van der Waals surface area contributed by atoms with Gasteiger partial charge in [-0.25, -0.2) is 0 Å². The summed E-state index contributed by atoms with van der Waals surface area (Å²) < 4.78 is 17.8. The minimum absolute atomic E-state index is 0.0234. The zero-order valence-electron chi connectivity index (χ0n) is 14.5. The van der Waals surface area contributed by atoms with Crippen LogP contribution in [-0.4, -0.2) is 17.3 Å². The Labute approximate surface area is 169 Å². The molecule has 0 fully saturated rings. The molecule has 3 aromatic carbocycles. The summed E-state index contributed by atoms with van der Waals surface area (Å²) in [6.45, 7) is 0.431. The van der Waals surface area contributed by atoms with Gasteiger partial charge in [0.2, 0.25) is 5.89 Å². The van der Waals surface area contributed by atoms with E-state index in [0.717, 1.165) is 14.7 Å². The van der Waals surface area contributed by atoms with Crippen LogP contribution in [-0.2, 0) is 6.61 Å². The van der Waals surface area contributed by atoms with Crippen molar-refractivity contribution in [3.05, 3.63) is 63.7 Å². The number of rotatable bonds is 5. The van der Waals surface area contributed by atoms with Crippen LogP contribution in [0.1, 0.15) is 5.56 Å². The lowest BCUT2D eigenvalue weighted by molar-refractivity contribution is 0.283. The SMILES string of the molecule is COc1cc(-c2nnc(N)o2)cc(I)c1OCc1cccc2ccccc12. The van der Waals surface area contributed by atoms with Crippen LogP contribution in [0.5, 0.6) is 11.5 Å². The maximum atomic E-state index is 6.13. The zero-order valence-corrected chi connectivity index (χ0v) is 16.6. The van der Waals surface area contributed by atoms with Crippen molar-refractivity contribution in [3.63, 3.8) is 0 Å². The highest BCUT2D eigenvalue weighted by molar-refractivity contribution is 14.1. The van der Waals surface area contributed by atoms with Crippen molar-refractivity contribution in [2.24, 2.45) is 0 Å². The molecule has 27 heavy (non-hydrogen) atoms. The van der Waals surface area contributed by atoms with E-state index in [0.29, 0.717) is 24.0 Å². The normalized spacial score (nSPS) is 10.9. The molecule has 0 amide bonds. The predicted molar refractivity (Wildman–Crippen MR) is 112 cm³/mol. The van der Waals surface area contributed by atoms with Crippen LogP contribution in [0, 0.1) is 3.57 Å². The monoisotopic (exact) mass is 473 g/mol.